The van der Waals surface area contributed by atoms with Crippen LogP contribution in [0.15, 0.2) is 45.6 Å². The number of aryl methyl sites for hydroxylation is 2. The van der Waals surface area contributed by atoms with E-state index in [1.54, 1.807) is 40.7 Å². The third kappa shape index (κ3) is 7.31. The summed E-state index contributed by atoms with van der Waals surface area (Å²) >= 11 is 0. The number of aromatic amines is 1. The van der Waals surface area contributed by atoms with Gasteiger partial charge < -0.3 is 9.26 Å². The average Bonchev–Trinajstić information content (AvgIpc) is 2.81. The topological polar surface area (TPSA) is 119 Å². The van der Waals surface area contributed by atoms with E-state index in [4.69, 9.17) is 9.26 Å². The van der Waals surface area contributed by atoms with E-state index in [0.717, 1.165) is 36.8 Å². The Hall–Kier alpha value is -2.90. The molecule has 1 heterocycles. The molecule has 0 aliphatic heterocycles. The maximum absolute atomic E-state index is 14.1. The molecule has 10 heteroatoms. The maximum Gasteiger partial charge on any atom is 0.328 e. The monoisotopic (exact) mass is 517 g/mol. The third-order valence-electron chi connectivity index (χ3n) is 5.98. The van der Waals surface area contributed by atoms with Crippen LogP contribution in [0.25, 0.3) is 0 Å². The van der Waals surface area contributed by atoms with Crippen LogP contribution in [0.1, 0.15) is 57.2 Å². The van der Waals surface area contributed by atoms with Crippen LogP contribution in [0.4, 0.5) is 0 Å². The molecule has 1 aliphatic carbocycles. The van der Waals surface area contributed by atoms with E-state index in [-0.39, 0.29) is 18.8 Å². The molecule has 196 valence electrons. The number of hydrogen-bond donors (Lipinski definition) is 2. The van der Waals surface area contributed by atoms with Gasteiger partial charge in [-0.05, 0) is 77.5 Å². The lowest BCUT2D eigenvalue weighted by Gasteiger charge is -2.26. The van der Waals surface area contributed by atoms with Gasteiger partial charge >= 0.3 is 19.2 Å². The Morgan fingerprint density at radius 1 is 1.22 bits per heavy atom. The summed E-state index contributed by atoms with van der Waals surface area (Å²) < 4.78 is 26.9. The number of ether oxygens (including phenoxy) is 1. The summed E-state index contributed by atoms with van der Waals surface area (Å²) in [5.74, 6) is 0.0471. The number of benzene rings is 1. The van der Waals surface area contributed by atoms with E-state index in [0.29, 0.717) is 11.3 Å². The second-order valence-electron chi connectivity index (χ2n) is 9.63. The molecule has 0 spiro atoms. The number of H-pyrrole nitrogens is 1. The molecule has 0 saturated carbocycles. The summed E-state index contributed by atoms with van der Waals surface area (Å²) in [7, 11) is -3.60. The maximum atomic E-state index is 14.1. The molecule has 1 aromatic heterocycles. The Labute approximate surface area is 211 Å². The van der Waals surface area contributed by atoms with Gasteiger partial charge in [0.2, 0.25) is 0 Å². The van der Waals surface area contributed by atoms with Gasteiger partial charge in [0, 0.05) is 18.3 Å². The standard InChI is InChI=1S/C26H36N3O6P/c1-17(2)34-25(31)20(5)28-36(33,35-23-12-8-10-21-9-6-7-11-22(21)23)14-13-18(3)15-29-16-19(4)24(30)27-26(29)32/h8,10,12-13,16-17,20H,6-7,9,11,14-15H2,1-5H3,(H,28,33)(H,27,30,32)/b18-13+/t20-,36?/m0/s1. The summed E-state index contributed by atoms with van der Waals surface area (Å²) in [6.07, 6.45) is 6.87. The summed E-state index contributed by atoms with van der Waals surface area (Å²) in [5.41, 5.74) is 2.48. The van der Waals surface area contributed by atoms with Crippen molar-refractivity contribution in [1.82, 2.24) is 14.6 Å². The van der Waals surface area contributed by atoms with Crippen LogP contribution in [-0.4, -0.2) is 33.8 Å². The van der Waals surface area contributed by atoms with Gasteiger partial charge in [-0.15, -0.1) is 0 Å². The fourth-order valence-electron chi connectivity index (χ4n) is 4.13. The first-order valence-corrected chi connectivity index (χ1v) is 14.1. The fraction of sp³-hybridized carbons (Fsp3) is 0.500. The summed E-state index contributed by atoms with van der Waals surface area (Å²) in [4.78, 5) is 38.5. The molecule has 36 heavy (non-hydrogen) atoms. The van der Waals surface area contributed by atoms with Crippen LogP contribution >= 0.6 is 7.52 Å². The molecule has 1 aromatic carbocycles. The number of fused-ring (bicyclic) bond motifs is 1. The van der Waals surface area contributed by atoms with Gasteiger partial charge in [0.25, 0.3) is 5.56 Å². The van der Waals surface area contributed by atoms with Gasteiger partial charge in [-0.25, -0.2) is 9.88 Å². The summed E-state index contributed by atoms with van der Waals surface area (Å²) in [6, 6.07) is 4.92. The molecular formula is C26H36N3O6P. The van der Waals surface area contributed by atoms with Crippen LogP contribution in [-0.2, 0) is 33.5 Å². The van der Waals surface area contributed by atoms with E-state index in [9.17, 15) is 18.9 Å². The van der Waals surface area contributed by atoms with Crippen LogP contribution in [0.2, 0.25) is 0 Å². The number of carbonyl (C=O) groups excluding carboxylic acids is 1. The quantitative estimate of drug-likeness (QED) is 0.279. The van der Waals surface area contributed by atoms with Gasteiger partial charge in [-0.3, -0.25) is 23.7 Å². The van der Waals surface area contributed by atoms with Crippen LogP contribution in [0, 0.1) is 6.92 Å². The Kier molecular flexibility index (Phi) is 9.14. The van der Waals surface area contributed by atoms with Crippen molar-refractivity contribution < 1.29 is 18.6 Å². The number of rotatable bonds is 10. The largest absolute Gasteiger partial charge is 0.462 e. The lowest BCUT2D eigenvalue weighted by Crippen LogP contribution is -2.36. The molecule has 0 fully saturated rings. The van der Waals surface area contributed by atoms with Crippen molar-refractivity contribution in [3.63, 3.8) is 0 Å². The summed E-state index contributed by atoms with van der Waals surface area (Å²) in [5, 5.41) is 2.90. The van der Waals surface area contributed by atoms with Gasteiger partial charge in [0.15, 0.2) is 0 Å². The van der Waals surface area contributed by atoms with Crippen molar-refractivity contribution in [3.05, 3.63) is 73.6 Å². The number of allylic oxidation sites excluding steroid dienone is 2. The smallest absolute Gasteiger partial charge is 0.328 e. The third-order valence-corrected chi connectivity index (χ3v) is 7.92. The molecule has 0 bridgehead atoms. The highest BCUT2D eigenvalue weighted by atomic mass is 31.2. The molecular weight excluding hydrogens is 481 g/mol. The van der Waals surface area contributed by atoms with Crippen LogP contribution in [0.5, 0.6) is 5.75 Å². The minimum atomic E-state index is -3.60. The molecule has 1 aliphatic rings. The van der Waals surface area contributed by atoms with Crippen LogP contribution in [0.3, 0.4) is 0 Å². The van der Waals surface area contributed by atoms with Crippen molar-refractivity contribution in [1.29, 1.82) is 0 Å². The lowest BCUT2D eigenvalue weighted by molar-refractivity contribution is -0.149. The number of nitrogens with one attached hydrogen (secondary N) is 2. The first-order chi connectivity index (χ1) is 17.0. The van der Waals surface area contributed by atoms with Gasteiger partial charge in [-0.2, -0.15) is 0 Å². The minimum Gasteiger partial charge on any atom is -0.462 e. The van der Waals surface area contributed by atoms with E-state index in [1.165, 1.54) is 16.3 Å². The molecule has 2 N–H and O–H groups in total. The second kappa shape index (κ2) is 11.9. The average molecular weight is 518 g/mol. The second-order valence-corrected chi connectivity index (χ2v) is 11.8. The Morgan fingerprint density at radius 3 is 2.67 bits per heavy atom. The molecule has 3 rings (SSSR count). The first-order valence-electron chi connectivity index (χ1n) is 12.3. The first kappa shape index (κ1) is 27.7. The number of hydrogen-bond acceptors (Lipinski definition) is 6. The molecule has 2 atom stereocenters. The highest BCUT2D eigenvalue weighted by Gasteiger charge is 2.31. The van der Waals surface area contributed by atoms with Crippen molar-refractivity contribution in [2.45, 2.75) is 79.0 Å². The highest BCUT2D eigenvalue weighted by molar-refractivity contribution is 7.57. The van der Waals surface area contributed by atoms with Gasteiger partial charge in [0.1, 0.15) is 11.8 Å². The number of nitrogens with zero attached hydrogens (tertiary/aromatic N) is 1. The number of carbonyl (C=O) groups is 1. The number of esters is 1. The van der Waals surface area contributed by atoms with Crippen molar-refractivity contribution in [3.8, 4) is 5.75 Å². The van der Waals surface area contributed by atoms with Gasteiger partial charge in [-0.1, -0.05) is 23.8 Å². The zero-order valence-electron chi connectivity index (χ0n) is 21.6. The van der Waals surface area contributed by atoms with E-state index >= 15 is 0 Å². The van der Waals surface area contributed by atoms with E-state index in [2.05, 4.69) is 16.1 Å². The SMILES string of the molecule is C/C(=C\CP(=O)(N[C@@H](C)C(=O)OC(C)C)Oc1cccc2c1CCCC2)Cn1cc(C)c(=O)[nH]c1=O. The van der Waals surface area contributed by atoms with Crippen molar-refractivity contribution in [2.24, 2.45) is 0 Å². The lowest BCUT2D eigenvalue weighted by atomic mass is 9.91. The molecule has 1 unspecified atom stereocenters. The highest BCUT2D eigenvalue weighted by Crippen LogP contribution is 2.46. The predicted octanol–water partition coefficient (Wildman–Crippen LogP) is 3.87. The Balaban J connectivity index is 1.86. The number of aromatic nitrogens is 2. The summed E-state index contributed by atoms with van der Waals surface area (Å²) in [6.45, 7) is 8.74. The molecule has 0 radical (unpaired) electrons. The van der Waals surface area contributed by atoms with Crippen LogP contribution < -0.4 is 20.9 Å². The van der Waals surface area contributed by atoms with Gasteiger partial charge in [0.05, 0.1) is 12.3 Å². The Bertz CT molecular complexity index is 1290. The van der Waals surface area contributed by atoms with Crippen molar-refractivity contribution in [2.75, 3.05) is 6.16 Å². The van der Waals surface area contributed by atoms with E-state index in [1.807, 2.05) is 12.1 Å². The molecule has 2 aromatic rings. The predicted molar refractivity (Wildman–Crippen MR) is 140 cm³/mol. The van der Waals surface area contributed by atoms with Crippen molar-refractivity contribution >= 4 is 13.5 Å². The molecule has 9 nitrogen and oxygen atoms in total. The minimum absolute atomic E-state index is 0.00111. The normalized spacial score (nSPS) is 16.2. The fourth-order valence-corrected chi connectivity index (χ4v) is 6.10. The Morgan fingerprint density at radius 2 is 1.94 bits per heavy atom. The molecule has 0 saturated heterocycles. The zero-order chi connectivity index (χ0) is 26.5. The zero-order valence-corrected chi connectivity index (χ0v) is 22.5. The van der Waals surface area contributed by atoms with E-state index < -0.39 is 30.8 Å². The molecule has 0 amide bonds.